The van der Waals surface area contributed by atoms with Crippen molar-refractivity contribution in [3.05, 3.63) is 0 Å². The van der Waals surface area contributed by atoms with Crippen LogP contribution in [0.1, 0.15) is 58.8 Å². The summed E-state index contributed by atoms with van der Waals surface area (Å²) in [5.41, 5.74) is 0. The SMILES string of the molecule is CCCCCCC(O)CCCOCC. The molecule has 0 aliphatic carbocycles. The van der Waals surface area contributed by atoms with Crippen LogP contribution >= 0.6 is 0 Å². The molecular weight excluding hydrogens is 176 g/mol. The molecular formula is C12H26O2. The summed E-state index contributed by atoms with van der Waals surface area (Å²) in [6.45, 7) is 5.79. The summed E-state index contributed by atoms with van der Waals surface area (Å²) in [7, 11) is 0. The third-order valence-corrected chi connectivity index (χ3v) is 2.42. The van der Waals surface area contributed by atoms with Crippen LogP contribution in [0.15, 0.2) is 0 Å². The first-order valence-corrected chi connectivity index (χ1v) is 6.07. The normalized spacial score (nSPS) is 13.1. The molecule has 0 radical (unpaired) electrons. The van der Waals surface area contributed by atoms with Gasteiger partial charge in [-0.1, -0.05) is 32.6 Å². The Bertz CT molecular complexity index is 92.5. The van der Waals surface area contributed by atoms with Crippen molar-refractivity contribution in [1.82, 2.24) is 0 Å². The van der Waals surface area contributed by atoms with Gasteiger partial charge in [0, 0.05) is 13.2 Å². The maximum atomic E-state index is 9.59. The van der Waals surface area contributed by atoms with Crippen molar-refractivity contribution < 1.29 is 9.84 Å². The van der Waals surface area contributed by atoms with E-state index in [1.807, 2.05) is 6.92 Å². The smallest absolute Gasteiger partial charge is 0.0541 e. The van der Waals surface area contributed by atoms with Crippen molar-refractivity contribution >= 4 is 0 Å². The maximum absolute atomic E-state index is 9.59. The predicted molar refractivity (Wildman–Crippen MR) is 60.5 cm³/mol. The van der Waals surface area contributed by atoms with Crippen LogP contribution in [0.2, 0.25) is 0 Å². The van der Waals surface area contributed by atoms with Crippen molar-refractivity contribution in [2.75, 3.05) is 13.2 Å². The molecule has 2 heteroatoms. The van der Waals surface area contributed by atoms with Crippen molar-refractivity contribution in [2.24, 2.45) is 0 Å². The van der Waals surface area contributed by atoms with E-state index in [0.717, 1.165) is 32.5 Å². The van der Waals surface area contributed by atoms with E-state index in [0.29, 0.717) is 0 Å². The van der Waals surface area contributed by atoms with Crippen molar-refractivity contribution in [3.63, 3.8) is 0 Å². The summed E-state index contributed by atoms with van der Waals surface area (Å²) >= 11 is 0. The Balaban J connectivity index is 3.07. The second kappa shape index (κ2) is 11.0. The van der Waals surface area contributed by atoms with Crippen LogP contribution in [-0.2, 0) is 4.74 Å². The molecule has 86 valence electrons. The monoisotopic (exact) mass is 202 g/mol. The lowest BCUT2D eigenvalue weighted by molar-refractivity contribution is 0.109. The summed E-state index contributed by atoms with van der Waals surface area (Å²) in [4.78, 5) is 0. The minimum Gasteiger partial charge on any atom is -0.393 e. The van der Waals surface area contributed by atoms with Crippen LogP contribution < -0.4 is 0 Å². The summed E-state index contributed by atoms with van der Waals surface area (Å²) in [5.74, 6) is 0. The molecule has 1 unspecified atom stereocenters. The van der Waals surface area contributed by atoms with E-state index in [9.17, 15) is 5.11 Å². The van der Waals surface area contributed by atoms with Crippen LogP contribution in [-0.4, -0.2) is 24.4 Å². The van der Waals surface area contributed by atoms with E-state index in [-0.39, 0.29) is 6.10 Å². The number of hydrogen-bond acceptors (Lipinski definition) is 2. The molecule has 1 N–H and O–H groups in total. The van der Waals surface area contributed by atoms with Crippen LogP contribution in [0.5, 0.6) is 0 Å². The molecule has 14 heavy (non-hydrogen) atoms. The summed E-state index contributed by atoms with van der Waals surface area (Å²) in [6, 6.07) is 0. The maximum Gasteiger partial charge on any atom is 0.0541 e. The van der Waals surface area contributed by atoms with Crippen LogP contribution in [0.3, 0.4) is 0 Å². The quantitative estimate of drug-likeness (QED) is 0.551. The fourth-order valence-electron chi connectivity index (χ4n) is 1.52. The van der Waals surface area contributed by atoms with E-state index in [4.69, 9.17) is 4.74 Å². The van der Waals surface area contributed by atoms with Gasteiger partial charge in [0.1, 0.15) is 0 Å². The fraction of sp³-hybridized carbons (Fsp3) is 1.00. The van der Waals surface area contributed by atoms with Gasteiger partial charge in [0.15, 0.2) is 0 Å². The number of hydrogen-bond donors (Lipinski definition) is 1. The Morgan fingerprint density at radius 2 is 1.71 bits per heavy atom. The first kappa shape index (κ1) is 13.9. The highest BCUT2D eigenvalue weighted by Gasteiger charge is 2.02. The van der Waals surface area contributed by atoms with Gasteiger partial charge in [-0.2, -0.15) is 0 Å². The number of aliphatic hydroxyl groups is 1. The Morgan fingerprint density at radius 3 is 2.36 bits per heavy atom. The van der Waals surface area contributed by atoms with Crippen LogP contribution in [0.4, 0.5) is 0 Å². The molecule has 1 atom stereocenters. The molecule has 0 bridgehead atoms. The van der Waals surface area contributed by atoms with Gasteiger partial charge >= 0.3 is 0 Å². The molecule has 0 aromatic carbocycles. The largest absolute Gasteiger partial charge is 0.393 e. The Hall–Kier alpha value is -0.0800. The second-order valence-corrected chi connectivity index (χ2v) is 3.84. The van der Waals surface area contributed by atoms with Crippen molar-refractivity contribution in [1.29, 1.82) is 0 Å². The van der Waals surface area contributed by atoms with Gasteiger partial charge in [0.25, 0.3) is 0 Å². The molecule has 0 rings (SSSR count). The Kier molecular flexibility index (Phi) is 10.9. The van der Waals surface area contributed by atoms with Crippen LogP contribution in [0, 0.1) is 0 Å². The highest BCUT2D eigenvalue weighted by atomic mass is 16.5. The fourth-order valence-corrected chi connectivity index (χ4v) is 1.52. The van der Waals surface area contributed by atoms with Crippen molar-refractivity contribution in [3.8, 4) is 0 Å². The summed E-state index contributed by atoms with van der Waals surface area (Å²) in [5, 5.41) is 9.59. The van der Waals surface area contributed by atoms with Gasteiger partial charge in [0.05, 0.1) is 6.10 Å². The highest BCUT2D eigenvalue weighted by Crippen LogP contribution is 2.09. The summed E-state index contributed by atoms with van der Waals surface area (Å²) < 4.78 is 5.22. The molecule has 0 aliphatic heterocycles. The van der Waals surface area contributed by atoms with Gasteiger partial charge < -0.3 is 9.84 Å². The third-order valence-electron chi connectivity index (χ3n) is 2.42. The second-order valence-electron chi connectivity index (χ2n) is 3.84. The molecule has 0 spiro atoms. The molecule has 0 saturated heterocycles. The zero-order chi connectivity index (χ0) is 10.6. The number of rotatable bonds is 10. The Morgan fingerprint density at radius 1 is 1.00 bits per heavy atom. The minimum atomic E-state index is -0.104. The predicted octanol–water partition coefficient (Wildman–Crippen LogP) is 3.13. The van der Waals surface area contributed by atoms with Gasteiger partial charge in [0.2, 0.25) is 0 Å². The number of unbranched alkanes of at least 4 members (excludes halogenated alkanes) is 3. The molecule has 2 nitrogen and oxygen atoms in total. The van der Waals surface area contributed by atoms with Crippen LogP contribution in [0.25, 0.3) is 0 Å². The van der Waals surface area contributed by atoms with E-state index < -0.39 is 0 Å². The molecule has 0 aliphatic rings. The van der Waals surface area contributed by atoms with E-state index in [2.05, 4.69) is 6.92 Å². The van der Waals surface area contributed by atoms with Gasteiger partial charge in [-0.25, -0.2) is 0 Å². The average molecular weight is 202 g/mol. The lowest BCUT2D eigenvalue weighted by atomic mass is 10.1. The zero-order valence-corrected chi connectivity index (χ0v) is 9.80. The van der Waals surface area contributed by atoms with E-state index in [1.165, 1.54) is 25.7 Å². The summed E-state index contributed by atoms with van der Waals surface area (Å²) in [6.07, 6.45) is 7.74. The van der Waals surface area contributed by atoms with E-state index >= 15 is 0 Å². The first-order valence-electron chi connectivity index (χ1n) is 6.07. The van der Waals surface area contributed by atoms with Gasteiger partial charge in [-0.3, -0.25) is 0 Å². The van der Waals surface area contributed by atoms with Gasteiger partial charge in [-0.05, 0) is 26.2 Å². The zero-order valence-electron chi connectivity index (χ0n) is 9.80. The topological polar surface area (TPSA) is 29.5 Å². The molecule has 0 aromatic heterocycles. The molecule has 0 aromatic rings. The molecule has 0 amide bonds. The third kappa shape index (κ3) is 10.0. The minimum absolute atomic E-state index is 0.104. The number of ether oxygens (including phenoxy) is 1. The standard InChI is InChI=1S/C12H26O2/c1-3-5-6-7-9-12(13)10-8-11-14-4-2/h12-13H,3-11H2,1-2H3. The van der Waals surface area contributed by atoms with Gasteiger partial charge in [-0.15, -0.1) is 0 Å². The Labute approximate surface area is 88.7 Å². The van der Waals surface area contributed by atoms with Crippen molar-refractivity contribution in [2.45, 2.75) is 64.9 Å². The van der Waals surface area contributed by atoms with E-state index in [1.54, 1.807) is 0 Å². The highest BCUT2D eigenvalue weighted by molar-refractivity contribution is 4.56. The lowest BCUT2D eigenvalue weighted by Crippen LogP contribution is -2.08. The average Bonchev–Trinajstić information content (AvgIpc) is 2.19. The molecule has 0 fully saturated rings. The molecule has 0 saturated carbocycles. The molecule has 0 heterocycles. The number of aliphatic hydroxyl groups excluding tert-OH is 1. The lowest BCUT2D eigenvalue weighted by Gasteiger charge is -2.09. The first-order chi connectivity index (χ1) is 6.81.